The van der Waals surface area contributed by atoms with Gasteiger partial charge in [0, 0.05) is 28.4 Å². The van der Waals surface area contributed by atoms with Crippen molar-refractivity contribution < 1.29 is 14.3 Å². The minimum atomic E-state index is -0.140. The van der Waals surface area contributed by atoms with Gasteiger partial charge in [0.2, 0.25) is 5.91 Å². The lowest BCUT2D eigenvalue weighted by Crippen LogP contribution is -2.30. The predicted octanol–water partition coefficient (Wildman–Crippen LogP) is 3.62. The van der Waals surface area contributed by atoms with Gasteiger partial charge in [-0.25, -0.2) is 0 Å². The SMILES string of the molecule is COc1ccc(Cl)cc1CN(C)CC(=O)Nc1ccc(C(C)=O)cc1. The molecular weight excluding hydrogens is 340 g/mol. The van der Waals surface area contributed by atoms with E-state index in [9.17, 15) is 9.59 Å². The number of halogens is 1. The largest absolute Gasteiger partial charge is 0.496 e. The van der Waals surface area contributed by atoms with Crippen molar-refractivity contribution in [1.29, 1.82) is 0 Å². The van der Waals surface area contributed by atoms with Crippen LogP contribution in [0, 0.1) is 0 Å². The summed E-state index contributed by atoms with van der Waals surface area (Å²) < 4.78 is 5.32. The summed E-state index contributed by atoms with van der Waals surface area (Å²) in [7, 11) is 3.45. The third-order valence-corrected chi connectivity index (χ3v) is 3.91. The quantitative estimate of drug-likeness (QED) is 0.766. The van der Waals surface area contributed by atoms with Crippen molar-refractivity contribution >= 4 is 29.0 Å². The Bertz CT molecular complexity index is 760. The summed E-state index contributed by atoms with van der Waals surface area (Å²) in [5, 5.41) is 3.44. The fraction of sp³-hybridized carbons (Fsp3) is 0.263. The summed E-state index contributed by atoms with van der Waals surface area (Å²) in [5.41, 5.74) is 2.18. The molecule has 0 radical (unpaired) electrons. The van der Waals surface area contributed by atoms with Gasteiger partial charge in [0.25, 0.3) is 0 Å². The Hall–Kier alpha value is -2.37. The van der Waals surface area contributed by atoms with Crippen molar-refractivity contribution in [2.24, 2.45) is 0 Å². The number of carbonyl (C=O) groups is 2. The first-order valence-corrected chi connectivity index (χ1v) is 8.18. The van der Waals surface area contributed by atoms with Crippen molar-refractivity contribution in [2.45, 2.75) is 13.5 Å². The molecule has 25 heavy (non-hydrogen) atoms. The molecule has 6 heteroatoms. The van der Waals surface area contributed by atoms with Crippen molar-refractivity contribution in [2.75, 3.05) is 26.0 Å². The topological polar surface area (TPSA) is 58.6 Å². The van der Waals surface area contributed by atoms with Crippen LogP contribution in [0.5, 0.6) is 5.75 Å². The van der Waals surface area contributed by atoms with Crippen LogP contribution in [0.25, 0.3) is 0 Å². The first kappa shape index (κ1) is 19.0. The summed E-state index contributed by atoms with van der Waals surface area (Å²) in [6, 6.07) is 12.2. The molecule has 0 heterocycles. The Morgan fingerprint density at radius 3 is 2.44 bits per heavy atom. The summed E-state index contributed by atoms with van der Waals surface area (Å²) in [5.74, 6) is 0.587. The van der Waals surface area contributed by atoms with Crippen LogP contribution in [0.2, 0.25) is 5.02 Å². The number of hydrogen-bond donors (Lipinski definition) is 1. The van der Waals surface area contributed by atoms with Gasteiger partial charge in [-0.2, -0.15) is 0 Å². The normalized spacial score (nSPS) is 10.6. The summed E-state index contributed by atoms with van der Waals surface area (Å²) in [6.45, 7) is 2.25. The molecule has 0 aliphatic heterocycles. The zero-order valence-corrected chi connectivity index (χ0v) is 15.3. The number of nitrogens with one attached hydrogen (secondary N) is 1. The van der Waals surface area contributed by atoms with Gasteiger partial charge in [0.05, 0.1) is 13.7 Å². The van der Waals surface area contributed by atoms with E-state index >= 15 is 0 Å². The number of nitrogens with zero attached hydrogens (tertiary/aromatic N) is 1. The first-order valence-electron chi connectivity index (χ1n) is 7.81. The highest BCUT2D eigenvalue weighted by Crippen LogP contribution is 2.23. The lowest BCUT2D eigenvalue weighted by atomic mass is 10.1. The second-order valence-electron chi connectivity index (χ2n) is 5.81. The molecule has 1 amide bonds. The van der Waals surface area contributed by atoms with Crippen LogP contribution in [0.3, 0.4) is 0 Å². The molecule has 132 valence electrons. The van der Waals surface area contributed by atoms with E-state index in [1.165, 1.54) is 6.92 Å². The maximum Gasteiger partial charge on any atom is 0.238 e. The highest BCUT2D eigenvalue weighted by molar-refractivity contribution is 6.30. The number of hydrogen-bond acceptors (Lipinski definition) is 4. The number of carbonyl (C=O) groups excluding carboxylic acids is 2. The lowest BCUT2D eigenvalue weighted by molar-refractivity contribution is -0.117. The van der Waals surface area contributed by atoms with E-state index in [4.69, 9.17) is 16.3 Å². The molecule has 2 aromatic carbocycles. The van der Waals surface area contributed by atoms with E-state index in [0.29, 0.717) is 22.8 Å². The Kier molecular flexibility index (Phi) is 6.56. The molecule has 0 aromatic heterocycles. The number of anilines is 1. The number of amides is 1. The summed E-state index contributed by atoms with van der Waals surface area (Å²) in [6.07, 6.45) is 0. The molecule has 0 atom stereocenters. The zero-order valence-electron chi connectivity index (χ0n) is 14.5. The molecule has 0 unspecified atom stereocenters. The third-order valence-electron chi connectivity index (χ3n) is 3.67. The molecule has 0 aliphatic rings. The van der Waals surface area contributed by atoms with Crippen molar-refractivity contribution in [1.82, 2.24) is 4.90 Å². The molecule has 0 aliphatic carbocycles. The molecule has 0 bridgehead atoms. The van der Waals surface area contributed by atoms with Crippen molar-refractivity contribution in [3.8, 4) is 5.75 Å². The lowest BCUT2D eigenvalue weighted by Gasteiger charge is -2.18. The van der Waals surface area contributed by atoms with Gasteiger partial charge in [-0.15, -0.1) is 0 Å². The van der Waals surface area contributed by atoms with E-state index < -0.39 is 0 Å². The van der Waals surface area contributed by atoms with Gasteiger partial charge in [-0.3, -0.25) is 14.5 Å². The maximum absolute atomic E-state index is 12.2. The van der Waals surface area contributed by atoms with E-state index in [0.717, 1.165) is 11.3 Å². The predicted molar refractivity (Wildman–Crippen MR) is 99.4 cm³/mol. The number of Topliss-reactive ketones (excluding diaryl/α,β-unsaturated/α-hetero) is 1. The first-order chi connectivity index (χ1) is 11.9. The summed E-state index contributed by atoms with van der Waals surface area (Å²) in [4.78, 5) is 25.3. The Labute approximate surface area is 152 Å². The molecule has 0 saturated heterocycles. The fourth-order valence-corrected chi connectivity index (χ4v) is 2.65. The molecule has 2 rings (SSSR count). The van der Waals surface area contributed by atoms with Gasteiger partial charge < -0.3 is 10.1 Å². The number of benzene rings is 2. The number of ether oxygens (including phenoxy) is 1. The average molecular weight is 361 g/mol. The van der Waals surface area contributed by atoms with Crippen LogP contribution >= 0.6 is 11.6 Å². The Morgan fingerprint density at radius 2 is 1.84 bits per heavy atom. The van der Waals surface area contributed by atoms with Crippen LogP contribution in [-0.2, 0) is 11.3 Å². The second kappa shape index (κ2) is 8.65. The van der Waals surface area contributed by atoms with Crippen LogP contribution in [0.4, 0.5) is 5.69 Å². The van der Waals surface area contributed by atoms with Gasteiger partial charge in [-0.05, 0) is 56.4 Å². The number of methoxy groups -OCH3 is 1. The van der Waals surface area contributed by atoms with Crippen LogP contribution in [0.1, 0.15) is 22.8 Å². The molecule has 2 aromatic rings. The van der Waals surface area contributed by atoms with E-state index in [1.54, 1.807) is 37.4 Å². The number of rotatable bonds is 7. The van der Waals surface area contributed by atoms with Crippen LogP contribution < -0.4 is 10.1 Å². The van der Waals surface area contributed by atoms with Crippen LogP contribution in [-0.4, -0.2) is 37.3 Å². The molecule has 0 spiro atoms. The van der Waals surface area contributed by atoms with E-state index in [2.05, 4.69) is 5.32 Å². The number of ketones is 1. The van der Waals surface area contributed by atoms with Crippen molar-refractivity contribution in [3.05, 3.63) is 58.6 Å². The van der Waals surface area contributed by atoms with E-state index in [1.807, 2.05) is 24.1 Å². The highest BCUT2D eigenvalue weighted by atomic mass is 35.5. The van der Waals surface area contributed by atoms with E-state index in [-0.39, 0.29) is 18.2 Å². The van der Waals surface area contributed by atoms with Crippen LogP contribution in [0.15, 0.2) is 42.5 Å². The molecular formula is C19H21ClN2O3. The standard InChI is InChI=1S/C19H21ClN2O3/c1-13(23)14-4-7-17(8-5-14)21-19(24)12-22(2)11-15-10-16(20)6-9-18(15)25-3/h4-10H,11-12H2,1-3H3,(H,21,24). The molecule has 5 nitrogen and oxygen atoms in total. The second-order valence-corrected chi connectivity index (χ2v) is 6.25. The van der Waals surface area contributed by atoms with Gasteiger partial charge in [0.1, 0.15) is 5.75 Å². The van der Waals surface area contributed by atoms with Gasteiger partial charge in [-0.1, -0.05) is 11.6 Å². The smallest absolute Gasteiger partial charge is 0.238 e. The minimum absolute atomic E-state index is 0.00641. The average Bonchev–Trinajstić information content (AvgIpc) is 2.55. The van der Waals surface area contributed by atoms with Gasteiger partial charge >= 0.3 is 0 Å². The maximum atomic E-state index is 12.2. The molecule has 0 fully saturated rings. The number of likely N-dealkylation sites (N-methyl/N-ethyl adjacent to an activating group) is 1. The fourth-order valence-electron chi connectivity index (χ4n) is 2.45. The molecule has 0 saturated carbocycles. The van der Waals surface area contributed by atoms with Crippen molar-refractivity contribution in [3.63, 3.8) is 0 Å². The Morgan fingerprint density at radius 1 is 1.16 bits per heavy atom. The summed E-state index contributed by atoms with van der Waals surface area (Å²) >= 11 is 6.03. The highest BCUT2D eigenvalue weighted by Gasteiger charge is 2.11. The monoisotopic (exact) mass is 360 g/mol. The zero-order chi connectivity index (χ0) is 18.4. The molecule has 1 N–H and O–H groups in total. The Balaban J connectivity index is 1.94. The minimum Gasteiger partial charge on any atom is -0.496 e. The van der Waals surface area contributed by atoms with Gasteiger partial charge in [0.15, 0.2) is 5.78 Å². The third kappa shape index (κ3) is 5.59.